The predicted molar refractivity (Wildman–Crippen MR) is 82.6 cm³/mol. The molecule has 1 amide bonds. The third-order valence-corrected chi connectivity index (χ3v) is 4.65. The normalized spacial score (nSPS) is 12.1. The summed E-state index contributed by atoms with van der Waals surface area (Å²) in [5.41, 5.74) is 0. The number of carbonyl (C=O) groups is 1. The molecule has 0 spiro atoms. The Balaban J connectivity index is 2.23. The van der Waals surface area contributed by atoms with Crippen LogP contribution in [0.4, 0.5) is 0 Å². The van der Waals surface area contributed by atoms with Crippen molar-refractivity contribution >= 4 is 32.6 Å². The fourth-order valence-corrected chi connectivity index (χ4v) is 2.91. The van der Waals surface area contributed by atoms with E-state index in [0.29, 0.717) is 18.6 Å². The third kappa shape index (κ3) is 6.87. The zero-order valence-corrected chi connectivity index (χ0v) is 13.6. The summed E-state index contributed by atoms with van der Waals surface area (Å²) >= 11 is 3.34. The smallest absolute Gasteiger partial charge is 0.220 e. The van der Waals surface area contributed by atoms with Gasteiger partial charge < -0.3 is 5.32 Å². The van der Waals surface area contributed by atoms with Crippen molar-refractivity contribution in [1.82, 2.24) is 5.32 Å². The zero-order chi connectivity index (χ0) is 14.1. The molecule has 3 nitrogen and oxygen atoms in total. The summed E-state index contributed by atoms with van der Waals surface area (Å²) in [6.07, 6.45) is 3.19. The zero-order valence-electron chi connectivity index (χ0n) is 11.2. The number of amides is 1. The number of nitrogens with one attached hydrogen (secondary N) is 1. The lowest BCUT2D eigenvalue weighted by Gasteiger charge is -2.04. The highest BCUT2D eigenvalue weighted by Crippen LogP contribution is 2.14. The highest BCUT2D eigenvalue weighted by atomic mass is 79.9. The third-order valence-electron chi connectivity index (χ3n) is 2.66. The van der Waals surface area contributed by atoms with E-state index in [4.69, 9.17) is 0 Å². The molecule has 106 valence electrons. The van der Waals surface area contributed by atoms with Crippen LogP contribution in [-0.4, -0.2) is 22.4 Å². The van der Waals surface area contributed by atoms with Crippen LogP contribution in [0.25, 0.3) is 0 Å². The summed E-state index contributed by atoms with van der Waals surface area (Å²) < 4.78 is 12.9. The van der Waals surface area contributed by atoms with Crippen molar-refractivity contribution in [3.63, 3.8) is 0 Å². The van der Waals surface area contributed by atoms with Gasteiger partial charge in [-0.25, -0.2) is 0 Å². The molecule has 0 saturated carbocycles. The summed E-state index contributed by atoms with van der Waals surface area (Å²) in [4.78, 5) is 12.3. The highest BCUT2D eigenvalue weighted by molar-refractivity contribution is 9.10. The molecule has 19 heavy (non-hydrogen) atoms. The second kappa shape index (κ2) is 9.26. The number of hydrogen-bond acceptors (Lipinski definition) is 2. The van der Waals surface area contributed by atoms with Gasteiger partial charge in [-0.3, -0.25) is 9.00 Å². The Morgan fingerprint density at radius 1 is 1.26 bits per heavy atom. The standard InChI is InChI=1S/C14H20BrNO2S/c1-2-3-10-16-14(17)5-4-11-19(18)13-8-6-12(15)7-9-13/h6-9H,2-5,10-11H2,1H3,(H,16,17)/t19-/m0/s1. The van der Waals surface area contributed by atoms with Crippen LogP contribution in [0.2, 0.25) is 0 Å². The lowest BCUT2D eigenvalue weighted by molar-refractivity contribution is -0.121. The first-order chi connectivity index (χ1) is 9.13. The Morgan fingerprint density at radius 3 is 2.58 bits per heavy atom. The van der Waals surface area contributed by atoms with Crippen LogP contribution in [0.3, 0.4) is 0 Å². The molecule has 1 aromatic rings. The molecule has 5 heteroatoms. The van der Waals surface area contributed by atoms with Crippen LogP contribution in [0.15, 0.2) is 33.6 Å². The van der Waals surface area contributed by atoms with E-state index in [0.717, 1.165) is 28.8 Å². The van der Waals surface area contributed by atoms with Crippen molar-refractivity contribution in [3.05, 3.63) is 28.7 Å². The lowest BCUT2D eigenvalue weighted by Crippen LogP contribution is -2.24. The van der Waals surface area contributed by atoms with Crippen molar-refractivity contribution < 1.29 is 9.00 Å². The molecule has 0 saturated heterocycles. The summed E-state index contributed by atoms with van der Waals surface area (Å²) in [5, 5.41) is 2.86. The topological polar surface area (TPSA) is 46.2 Å². The van der Waals surface area contributed by atoms with Gasteiger partial charge in [-0.2, -0.15) is 0 Å². The van der Waals surface area contributed by atoms with Gasteiger partial charge in [0.15, 0.2) is 0 Å². The molecule has 0 aromatic heterocycles. The second-order valence-corrected chi connectivity index (χ2v) is 6.80. The molecule has 0 bridgehead atoms. The molecular weight excluding hydrogens is 326 g/mol. The first-order valence-corrected chi connectivity index (χ1v) is 8.65. The van der Waals surface area contributed by atoms with Gasteiger partial charge in [0.25, 0.3) is 0 Å². The lowest BCUT2D eigenvalue weighted by atomic mass is 10.3. The molecule has 1 N–H and O–H groups in total. The van der Waals surface area contributed by atoms with Gasteiger partial charge in [-0.1, -0.05) is 29.3 Å². The van der Waals surface area contributed by atoms with Gasteiger partial charge in [-0.15, -0.1) is 0 Å². The minimum atomic E-state index is -1.02. The van der Waals surface area contributed by atoms with Gasteiger partial charge in [0, 0.05) is 28.1 Å². The summed E-state index contributed by atoms with van der Waals surface area (Å²) in [6, 6.07) is 7.46. The van der Waals surface area contributed by atoms with Crippen LogP contribution in [0.5, 0.6) is 0 Å². The van der Waals surface area contributed by atoms with Gasteiger partial charge >= 0.3 is 0 Å². The quantitative estimate of drug-likeness (QED) is 0.735. The van der Waals surface area contributed by atoms with E-state index in [-0.39, 0.29) is 5.91 Å². The number of hydrogen-bond donors (Lipinski definition) is 1. The molecule has 0 unspecified atom stereocenters. The first-order valence-electron chi connectivity index (χ1n) is 6.54. The maximum absolute atomic E-state index is 12.0. The summed E-state index contributed by atoms with van der Waals surface area (Å²) in [5.74, 6) is 0.587. The number of carbonyl (C=O) groups excluding carboxylic acids is 1. The molecule has 0 fully saturated rings. The fraction of sp³-hybridized carbons (Fsp3) is 0.500. The van der Waals surface area contributed by atoms with E-state index >= 15 is 0 Å². The largest absolute Gasteiger partial charge is 0.356 e. The van der Waals surface area contributed by atoms with Crippen LogP contribution in [0.1, 0.15) is 32.6 Å². The highest BCUT2D eigenvalue weighted by Gasteiger charge is 2.06. The maximum atomic E-state index is 12.0. The fourth-order valence-electron chi connectivity index (χ4n) is 1.56. The van der Waals surface area contributed by atoms with Gasteiger partial charge in [0.1, 0.15) is 0 Å². The average molecular weight is 346 g/mol. The van der Waals surface area contributed by atoms with E-state index in [9.17, 15) is 9.00 Å². The van der Waals surface area contributed by atoms with Crippen LogP contribution >= 0.6 is 15.9 Å². The number of halogens is 1. The average Bonchev–Trinajstić information content (AvgIpc) is 2.39. The summed E-state index contributed by atoms with van der Waals surface area (Å²) in [6.45, 7) is 2.83. The van der Waals surface area contributed by atoms with Crippen molar-refractivity contribution in [3.8, 4) is 0 Å². The van der Waals surface area contributed by atoms with Crippen LogP contribution < -0.4 is 5.32 Å². The molecule has 0 aliphatic carbocycles. The monoisotopic (exact) mass is 345 g/mol. The van der Waals surface area contributed by atoms with Gasteiger partial charge in [0.2, 0.25) is 5.91 Å². The second-order valence-electron chi connectivity index (χ2n) is 4.31. The van der Waals surface area contributed by atoms with Crippen molar-refractivity contribution in [2.24, 2.45) is 0 Å². The summed E-state index contributed by atoms with van der Waals surface area (Å²) in [7, 11) is -1.02. The maximum Gasteiger partial charge on any atom is 0.220 e. The molecule has 1 aromatic carbocycles. The Bertz CT molecular complexity index is 420. The van der Waals surface area contributed by atoms with Gasteiger partial charge in [0.05, 0.1) is 10.8 Å². The molecular formula is C14H20BrNO2S. The van der Waals surface area contributed by atoms with E-state index in [1.165, 1.54) is 0 Å². The minimum Gasteiger partial charge on any atom is -0.356 e. The SMILES string of the molecule is CCCCNC(=O)CCC[S@](=O)c1ccc(Br)cc1. The van der Waals surface area contributed by atoms with E-state index < -0.39 is 10.8 Å². The number of unbranched alkanes of at least 4 members (excludes halogenated alkanes) is 1. The van der Waals surface area contributed by atoms with E-state index in [1.54, 1.807) is 0 Å². The molecule has 0 heterocycles. The molecule has 1 rings (SSSR count). The van der Waals surface area contributed by atoms with Crippen molar-refractivity contribution in [2.45, 2.75) is 37.5 Å². The van der Waals surface area contributed by atoms with E-state index in [2.05, 4.69) is 28.2 Å². The number of benzene rings is 1. The van der Waals surface area contributed by atoms with Crippen molar-refractivity contribution in [2.75, 3.05) is 12.3 Å². The minimum absolute atomic E-state index is 0.0567. The molecule has 1 atom stereocenters. The Morgan fingerprint density at radius 2 is 1.95 bits per heavy atom. The van der Waals surface area contributed by atoms with Gasteiger partial charge in [-0.05, 0) is 37.1 Å². The molecule has 0 aliphatic rings. The predicted octanol–water partition coefficient (Wildman–Crippen LogP) is 3.25. The Labute approximate surface area is 125 Å². The molecule has 0 radical (unpaired) electrons. The molecule has 0 aliphatic heterocycles. The van der Waals surface area contributed by atoms with E-state index in [1.807, 2.05) is 24.3 Å². The Kier molecular flexibility index (Phi) is 7.98. The van der Waals surface area contributed by atoms with Crippen LogP contribution in [0, 0.1) is 0 Å². The Hall–Kier alpha value is -0.680. The van der Waals surface area contributed by atoms with Crippen molar-refractivity contribution in [1.29, 1.82) is 0 Å². The van der Waals surface area contributed by atoms with Crippen LogP contribution in [-0.2, 0) is 15.6 Å². The first kappa shape index (κ1) is 16.4. The number of rotatable bonds is 8.